The summed E-state index contributed by atoms with van der Waals surface area (Å²) in [6.07, 6.45) is 2.98. The molecule has 5 heteroatoms. The number of rotatable bonds is 4. The second-order valence-corrected chi connectivity index (χ2v) is 3.37. The Balaban J connectivity index is 2.55. The minimum atomic E-state index is -0.457. The third kappa shape index (κ3) is 2.79. The summed E-state index contributed by atoms with van der Waals surface area (Å²) in [4.78, 5) is 24.4. The van der Waals surface area contributed by atoms with Gasteiger partial charge in [0.2, 0.25) is 5.91 Å². The maximum absolute atomic E-state index is 11.5. The molecular weight excluding hydrogens is 196 g/mol. The van der Waals surface area contributed by atoms with E-state index in [1.807, 2.05) is 0 Å². The van der Waals surface area contributed by atoms with Crippen molar-refractivity contribution in [3.63, 3.8) is 0 Å². The Morgan fingerprint density at radius 2 is 2.33 bits per heavy atom. The summed E-state index contributed by atoms with van der Waals surface area (Å²) in [5.74, 6) is -0.567. The molecule has 0 aromatic heterocycles. The van der Waals surface area contributed by atoms with E-state index in [4.69, 9.17) is 10.5 Å². The maximum Gasteiger partial charge on any atom is 0.329 e. The molecule has 1 saturated heterocycles. The van der Waals surface area contributed by atoms with E-state index in [9.17, 15) is 9.59 Å². The number of hydrogen-bond donors (Lipinski definition) is 1. The molecule has 0 bridgehead atoms. The predicted molar refractivity (Wildman–Crippen MR) is 54.9 cm³/mol. The number of nitrogens with zero attached hydrogens (tertiary/aromatic N) is 1. The molecule has 0 aromatic rings. The highest BCUT2D eigenvalue weighted by molar-refractivity contribution is 5.86. The molecule has 1 aliphatic heterocycles. The second-order valence-electron chi connectivity index (χ2n) is 3.37. The van der Waals surface area contributed by atoms with Crippen LogP contribution in [0.3, 0.4) is 0 Å². The molecule has 0 aliphatic carbocycles. The molecule has 1 heterocycles. The van der Waals surface area contributed by atoms with Gasteiger partial charge in [0.1, 0.15) is 12.6 Å². The molecule has 1 fully saturated rings. The molecule has 0 aromatic carbocycles. The monoisotopic (exact) mass is 212 g/mol. The molecular formula is C10H16N2O3. The van der Waals surface area contributed by atoms with Gasteiger partial charge in [0, 0.05) is 6.54 Å². The smallest absolute Gasteiger partial charge is 0.329 e. The van der Waals surface area contributed by atoms with E-state index in [2.05, 4.69) is 6.58 Å². The Morgan fingerprint density at radius 1 is 1.60 bits per heavy atom. The number of carbonyl (C=O) groups excluding carboxylic acids is 2. The Bertz CT molecular complexity index is 265. The fourth-order valence-corrected chi connectivity index (χ4v) is 1.66. The molecule has 0 radical (unpaired) electrons. The molecule has 1 rings (SSSR count). The van der Waals surface area contributed by atoms with E-state index >= 15 is 0 Å². The van der Waals surface area contributed by atoms with Gasteiger partial charge in [0.05, 0.1) is 6.54 Å². The number of hydrogen-bond acceptors (Lipinski definition) is 4. The van der Waals surface area contributed by atoms with Gasteiger partial charge in [-0.05, 0) is 12.8 Å². The first-order valence-corrected chi connectivity index (χ1v) is 4.97. The van der Waals surface area contributed by atoms with Crippen LogP contribution >= 0.6 is 0 Å². The summed E-state index contributed by atoms with van der Waals surface area (Å²) in [6.45, 7) is 4.16. The predicted octanol–water partition coefficient (Wildman–Crippen LogP) is -0.335. The average molecular weight is 212 g/mol. The van der Waals surface area contributed by atoms with Crippen molar-refractivity contribution < 1.29 is 14.3 Å². The molecule has 2 N–H and O–H groups in total. The van der Waals surface area contributed by atoms with Crippen LogP contribution in [-0.2, 0) is 14.3 Å². The number of ether oxygens (including phenoxy) is 1. The minimum Gasteiger partial charge on any atom is -0.460 e. The first-order chi connectivity index (χ1) is 7.20. The fourth-order valence-electron chi connectivity index (χ4n) is 1.66. The molecule has 5 nitrogen and oxygen atoms in total. The topological polar surface area (TPSA) is 72.6 Å². The molecule has 0 unspecified atom stereocenters. The first kappa shape index (κ1) is 11.7. The highest BCUT2D eigenvalue weighted by Gasteiger charge is 2.34. The van der Waals surface area contributed by atoms with E-state index in [0.29, 0.717) is 13.0 Å². The zero-order chi connectivity index (χ0) is 11.3. The van der Waals surface area contributed by atoms with Crippen molar-refractivity contribution in [1.29, 1.82) is 0 Å². The van der Waals surface area contributed by atoms with Crippen LogP contribution in [-0.4, -0.2) is 42.5 Å². The van der Waals surface area contributed by atoms with E-state index in [0.717, 1.165) is 6.42 Å². The van der Waals surface area contributed by atoms with Crippen LogP contribution in [0, 0.1) is 0 Å². The van der Waals surface area contributed by atoms with E-state index in [1.165, 1.54) is 11.0 Å². The van der Waals surface area contributed by atoms with Crippen molar-refractivity contribution in [2.75, 3.05) is 19.7 Å². The van der Waals surface area contributed by atoms with Gasteiger partial charge in [-0.15, -0.1) is 0 Å². The Morgan fingerprint density at radius 3 is 2.93 bits per heavy atom. The van der Waals surface area contributed by atoms with Crippen molar-refractivity contribution >= 4 is 11.9 Å². The summed E-state index contributed by atoms with van der Waals surface area (Å²) in [7, 11) is 0. The van der Waals surface area contributed by atoms with Crippen LogP contribution in [0.4, 0.5) is 0 Å². The van der Waals surface area contributed by atoms with Crippen LogP contribution in [0.2, 0.25) is 0 Å². The van der Waals surface area contributed by atoms with Crippen molar-refractivity contribution in [1.82, 2.24) is 4.90 Å². The van der Waals surface area contributed by atoms with E-state index in [1.54, 1.807) is 0 Å². The normalized spacial score (nSPS) is 20.1. The Hall–Kier alpha value is -1.36. The lowest BCUT2D eigenvalue weighted by Gasteiger charge is -2.22. The summed E-state index contributed by atoms with van der Waals surface area (Å²) in [5.41, 5.74) is 5.25. The van der Waals surface area contributed by atoms with Gasteiger partial charge in [-0.1, -0.05) is 12.7 Å². The largest absolute Gasteiger partial charge is 0.460 e. The van der Waals surface area contributed by atoms with E-state index in [-0.39, 0.29) is 25.0 Å². The zero-order valence-corrected chi connectivity index (χ0v) is 8.65. The number of esters is 1. The summed E-state index contributed by atoms with van der Waals surface area (Å²) < 4.78 is 4.91. The van der Waals surface area contributed by atoms with Crippen LogP contribution in [0.25, 0.3) is 0 Å². The molecule has 0 saturated carbocycles. The van der Waals surface area contributed by atoms with Crippen LogP contribution in [0.5, 0.6) is 0 Å². The second kappa shape index (κ2) is 5.50. The van der Waals surface area contributed by atoms with Crippen molar-refractivity contribution in [3.8, 4) is 0 Å². The van der Waals surface area contributed by atoms with Gasteiger partial charge in [-0.2, -0.15) is 0 Å². The molecule has 0 spiro atoms. The Kier molecular flexibility index (Phi) is 4.30. The molecule has 1 amide bonds. The van der Waals surface area contributed by atoms with Gasteiger partial charge in [-0.3, -0.25) is 4.79 Å². The van der Waals surface area contributed by atoms with Crippen LogP contribution < -0.4 is 5.73 Å². The zero-order valence-electron chi connectivity index (χ0n) is 8.65. The lowest BCUT2D eigenvalue weighted by Crippen LogP contribution is -2.44. The summed E-state index contributed by atoms with van der Waals surface area (Å²) >= 11 is 0. The minimum absolute atomic E-state index is 0.0642. The summed E-state index contributed by atoms with van der Waals surface area (Å²) in [5, 5.41) is 0. The third-order valence-electron chi connectivity index (χ3n) is 2.36. The van der Waals surface area contributed by atoms with Gasteiger partial charge < -0.3 is 15.4 Å². The van der Waals surface area contributed by atoms with Crippen LogP contribution in [0.15, 0.2) is 12.7 Å². The lowest BCUT2D eigenvalue weighted by atomic mass is 10.2. The third-order valence-corrected chi connectivity index (χ3v) is 2.36. The van der Waals surface area contributed by atoms with Crippen molar-refractivity contribution in [2.45, 2.75) is 18.9 Å². The molecule has 1 aliphatic rings. The lowest BCUT2D eigenvalue weighted by molar-refractivity contribution is -0.152. The van der Waals surface area contributed by atoms with E-state index < -0.39 is 6.04 Å². The average Bonchev–Trinajstić information content (AvgIpc) is 2.73. The molecule has 15 heavy (non-hydrogen) atoms. The highest BCUT2D eigenvalue weighted by atomic mass is 16.5. The number of nitrogens with two attached hydrogens (primary N) is 1. The highest BCUT2D eigenvalue weighted by Crippen LogP contribution is 2.18. The maximum atomic E-state index is 11.5. The Labute approximate surface area is 88.9 Å². The SMILES string of the molecule is C=CCOC(=O)[C@H]1CCCN1C(=O)CN. The number of likely N-dealkylation sites (tertiary alicyclic amines) is 1. The quantitative estimate of drug-likeness (QED) is 0.511. The van der Waals surface area contributed by atoms with Crippen molar-refractivity contribution in [3.05, 3.63) is 12.7 Å². The number of carbonyl (C=O) groups is 2. The number of amides is 1. The van der Waals surface area contributed by atoms with Gasteiger partial charge in [0.15, 0.2) is 0 Å². The molecule has 1 atom stereocenters. The first-order valence-electron chi connectivity index (χ1n) is 4.97. The van der Waals surface area contributed by atoms with Crippen molar-refractivity contribution in [2.24, 2.45) is 5.73 Å². The van der Waals surface area contributed by atoms with Gasteiger partial charge >= 0.3 is 5.97 Å². The standard InChI is InChI=1S/C10H16N2O3/c1-2-6-15-10(14)8-4-3-5-12(8)9(13)7-11/h2,8H,1,3-7,11H2/t8-/m1/s1. The summed E-state index contributed by atoms with van der Waals surface area (Å²) in [6, 6.07) is -0.457. The van der Waals surface area contributed by atoms with Gasteiger partial charge in [-0.25, -0.2) is 4.79 Å². The van der Waals surface area contributed by atoms with Crippen LogP contribution in [0.1, 0.15) is 12.8 Å². The molecule has 84 valence electrons. The van der Waals surface area contributed by atoms with Gasteiger partial charge in [0.25, 0.3) is 0 Å². The fraction of sp³-hybridized carbons (Fsp3) is 0.600.